The Hall–Kier alpha value is -1.75. The normalized spacial score (nSPS) is 11.3. The van der Waals surface area contributed by atoms with E-state index in [-0.39, 0.29) is 12.5 Å². The van der Waals surface area contributed by atoms with E-state index in [1.165, 1.54) is 4.90 Å². The monoisotopic (exact) mass is 237 g/mol. The van der Waals surface area contributed by atoms with E-state index in [9.17, 15) is 9.90 Å². The first-order valence-electron chi connectivity index (χ1n) is 5.33. The van der Waals surface area contributed by atoms with Gasteiger partial charge in [-0.25, -0.2) is 0 Å². The lowest BCUT2D eigenvalue weighted by Crippen LogP contribution is -2.39. The summed E-state index contributed by atoms with van der Waals surface area (Å²) >= 11 is 0. The van der Waals surface area contributed by atoms with Gasteiger partial charge in [-0.15, -0.1) is 0 Å². The van der Waals surface area contributed by atoms with Gasteiger partial charge < -0.3 is 21.5 Å². The van der Waals surface area contributed by atoms with E-state index in [0.717, 1.165) is 0 Å². The maximum Gasteiger partial charge on any atom is 0.253 e. The van der Waals surface area contributed by atoms with Crippen molar-refractivity contribution in [1.82, 2.24) is 4.90 Å². The Kier molecular flexibility index (Phi) is 3.63. The average Bonchev–Trinajstić information content (AvgIpc) is 2.12. The van der Waals surface area contributed by atoms with Gasteiger partial charge in [0.1, 0.15) is 0 Å². The van der Waals surface area contributed by atoms with Crippen molar-refractivity contribution in [3.8, 4) is 0 Å². The lowest BCUT2D eigenvalue weighted by molar-refractivity contribution is 0.0368. The van der Waals surface area contributed by atoms with Crippen molar-refractivity contribution in [3.63, 3.8) is 0 Å². The van der Waals surface area contributed by atoms with Crippen molar-refractivity contribution in [1.29, 1.82) is 0 Å². The van der Waals surface area contributed by atoms with Gasteiger partial charge in [0, 0.05) is 30.5 Å². The van der Waals surface area contributed by atoms with Gasteiger partial charge >= 0.3 is 0 Å². The van der Waals surface area contributed by atoms with E-state index in [2.05, 4.69) is 0 Å². The van der Waals surface area contributed by atoms with E-state index in [0.29, 0.717) is 16.9 Å². The van der Waals surface area contributed by atoms with E-state index in [4.69, 9.17) is 11.5 Å². The summed E-state index contributed by atoms with van der Waals surface area (Å²) in [6.45, 7) is 3.52. The third-order valence-electron chi connectivity index (χ3n) is 2.20. The molecule has 5 N–H and O–H groups in total. The van der Waals surface area contributed by atoms with Crippen LogP contribution in [0.4, 0.5) is 11.4 Å². The molecule has 0 aromatic heterocycles. The zero-order chi connectivity index (χ0) is 13.2. The molecule has 0 bridgehead atoms. The number of carbonyl (C=O) groups excluding carboxylic acids is 1. The molecule has 94 valence electrons. The number of hydrogen-bond donors (Lipinski definition) is 3. The predicted octanol–water partition coefficient (Wildman–Crippen LogP) is 0.694. The second-order valence-electron chi connectivity index (χ2n) is 4.86. The fourth-order valence-electron chi connectivity index (χ4n) is 1.67. The minimum atomic E-state index is -0.934. The minimum absolute atomic E-state index is 0.217. The third kappa shape index (κ3) is 3.96. The zero-order valence-corrected chi connectivity index (χ0v) is 10.4. The maximum absolute atomic E-state index is 12.0. The Morgan fingerprint density at radius 1 is 1.29 bits per heavy atom. The second-order valence-corrected chi connectivity index (χ2v) is 4.86. The van der Waals surface area contributed by atoms with Crippen LogP contribution in [0.5, 0.6) is 0 Å². The lowest BCUT2D eigenvalue weighted by atomic mass is 10.1. The van der Waals surface area contributed by atoms with Crippen LogP contribution in [0.25, 0.3) is 0 Å². The molecule has 0 saturated heterocycles. The van der Waals surface area contributed by atoms with Crippen molar-refractivity contribution < 1.29 is 9.90 Å². The molecule has 1 aromatic carbocycles. The number of anilines is 2. The Labute approximate surface area is 101 Å². The van der Waals surface area contributed by atoms with Gasteiger partial charge in [-0.3, -0.25) is 4.79 Å². The van der Waals surface area contributed by atoms with Crippen LogP contribution in [-0.4, -0.2) is 35.1 Å². The predicted molar refractivity (Wildman–Crippen MR) is 68.5 cm³/mol. The smallest absolute Gasteiger partial charge is 0.253 e. The highest BCUT2D eigenvalue weighted by molar-refractivity contribution is 5.96. The van der Waals surface area contributed by atoms with Crippen LogP contribution >= 0.6 is 0 Å². The highest BCUT2D eigenvalue weighted by Crippen LogP contribution is 2.16. The summed E-state index contributed by atoms with van der Waals surface area (Å²) in [4.78, 5) is 13.5. The molecule has 0 atom stereocenters. The van der Waals surface area contributed by atoms with Crippen LogP contribution in [0.1, 0.15) is 24.2 Å². The van der Waals surface area contributed by atoms with Gasteiger partial charge in [-0.2, -0.15) is 0 Å². The molecule has 17 heavy (non-hydrogen) atoms. The first-order valence-corrected chi connectivity index (χ1v) is 5.33. The average molecular weight is 237 g/mol. The van der Waals surface area contributed by atoms with E-state index < -0.39 is 5.60 Å². The Morgan fingerprint density at radius 2 is 1.76 bits per heavy atom. The van der Waals surface area contributed by atoms with Crippen molar-refractivity contribution in [2.45, 2.75) is 19.4 Å². The summed E-state index contributed by atoms with van der Waals surface area (Å²) in [6.07, 6.45) is 0. The Morgan fingerprint density at radius 3 is 2.18 bits per heavy atom. The highest BCUT2D eigenvalue weighted by atomic mass is 16.3. The van der Waals surface area contributed by atoms with Gasteiger partial charge in [0.05, 0.1) is 5.60 Å². The molecule has 0 radical (unpaired) electrons. The fourth-order valence-corrected chi connectivity index (χ4v) is 1.67. The topological polar surface area (TPSA) is 92.6 Å². The highest BCUT2D eigenvalue weighted by Gasteiger charge is 2.20. The van der Waals surface area contributed by atoms with Gasteiger partial charge in [0.15, 0.2) is 0 Å². The summed E-state index contributed by atoms with van der Waals surface area (Å²) in [5.74, 6) is -0.217. The standard InChI is InChI=1S/C12H19N3O2/c1-12(2,17)7-15(3)11(16)8-4-9(13)6-10(14)5-8/h4-6,17H,7,13-14H2,1-3H3. The van der Waals surface area contributed by atoms with Crippen LogP contribution in [-0.2, 0) is 0 Å². The van der Waals surface area contributed by atoms with Crippen molar-refractivity contribution >= 4 is 17.3 Å². The van der Waals surface area contributed by atoms with Gasteiger partial charge in [-0.1, -0.05) is 0 Å². The molecule has 0 unspecified atom stereocenters. The van der Waals surface area contributed by atoms with Crippen LogP contribution < -0.4 is 11.5 Å². The number of carbonyl (C=O) groups is 1. The molecule has 1 aromatic rings. The number of rotatable bonds is 3. The molecular formula is C12H19N3O2. The fraction of sp³-hybridized carbons (Fsp3) is 0.417. The van der Waals surface area contributed by atoms with Crippen LogP contribution in [0, 0.1) is 0 Å². The largest absolute Gasteiger partial charge is 0.399 e. The molecule has 0 heterocycles. The SMILES string of the molecule is CN(CC(C)(C)O)C(=O)c1cc(N)cc(N)c1. The Bertz CT molecular complexity index is 404. The van der Waals surface area contributed by atoms with Gasteiger partial charge in [0.25, 0.3) is 5.91 Å². The zero-order valence-electron chi connectivity index (χ0n) is 10.4. The van der Waals surface area contributed by atoms with Crippen molar-refractivity contribution in [2.24, 2.45) is 0 Å². The van der Waals surface area contributed by atoms with E-state index in [1.807, 2.05) is 0 Å². The van der Waals surface area contributed by atoms with Crippen LogP contribution in [0.15, 0.2) is 18.2 Å². The molecule has 0 aliphatic heterocycles. The van der Waals surface area contributed by atoms with Crippen LogP contribution in [0.3, 0.4) is 0 Å². The summed E-state index contributed by atoms with van der Waals surface area (Å²) < 4.78 is 0. The van der Waals surface area contributed by atoms with Gasteiger partial charge in [-0.05, 0) is 32.0 Å². The molecule has 0 saturated carbocycles. The molecule has 5 heteroatoms. The number of amides is 1. The number of likely N-dealkylation sites (N-methyl/N-ethyl adjacent to an activating group) is 1. The molecular weight excluding hydrogens is 218 g/mol. The number of nitrogens with zero attached hydrogens (tertiary/aromatic N) is 1. The lowest BCUT2D eigenvalue weighted by Gasteiger charge is -2.25. The first kappa shape index (κ1) is 13.3. The summed E-state index contributed by atoms with van der Waals surface area (Å²) in [5, 5.41) is 9.65. The molecule has 0 aliphatic carbocycles. The molecule has 0 fully saturated rings. The quantitative estimate of drug-likeness (QED) is 0.674. The van der Waals surface area contributed by atoms with Crippen molar-refractivity contribution in [2.75, 3.05) is 25.1 Å². The van der Waals surface area contributed by atoms with Crippen molar-refractivity contribution in [3.05, 3.63) is 23.8 Å². The number of hydrogen-bond acceptors (Lipinski definition) is 4. The number of nitrogen functional groups attached to an aromatic ring is 2. The molecule has 5 nitrogen and oxygen atoms in total. The summed E-state index contributed by atoms with van der Waals surface area (Å²) in [6, 6.07) is 4.73. The van der Waals surface area contributed by atoms with E-state index in [1.54, 1.807) is 39.1 Å². The number of benzene rings is 1. The summed E-state index contributed by atoms with van der Waals surface area (Å²) in [7, 11) is 1.62. The molecule has 1 rings (SSSR count). The number of aliphatic hydroxyl groups is 1. The minimum Gasteiger partial charge on any atom is -0.399 e. The van der Waals surface area contributed by atoms with Crippen LogP contribution in [0.2, 0.25) is 0 Å². The molecule has 1 amide bonds. The van der Waals surface area contributed by atoms with E-state index >= 15 is 0 Å². The Balaban J connectivity index is 2.89. The molecule has 0 spiro atoms. The first-order chi connectivity index (χ1) is 7.69. The second kappa shape index (κ2) is 4.63. The maximum atomic E-state index is 12.0. The summed E-state index contributed by atoms with van der Waals surface area (Å²) in [5.41, 5.74) is 11.6. The number of nitrogens with two attached hydrogens (primary N) is 2. The van der Waals surface area contributed by atoms with Gasteiger partial charge in [0.2, 0.25) is 0 Å². The third-order valence-corrected chi connectivity index (χ3v) is 2.20. The molecule has 0 aliphatic rings.